The summed E-state index contributed by atoms with van der Waals surface area (Å²) in [4.78, 5) is 0. The molecule has 1 aliphatic heterocycles. The number of ether oxygens (including phenoxy) is 1. The Morgan fingerprint density at radius 1 is 1.11 bits per heavy atom. The van der Waals surface area contributed by atoms with Gasteiger partial charge in [0.15, 0.2) is 0 Å². The molecular formula is C16H26N2O. The topological polar surface area (TPSA) is 47.3 Å². The lowest BCUT2D eigenvalue weighted by molar-refractivity contribution is -0.0547. The van der Waals surface area contributed by atoms with Gasteiger partial charge >= 0.3 is 0 Å². The standard InChI is InChI=1S/C16H26N2O/c17-18-16(14-3-1-2-4-19-14)15-12-6-10-5-11(8-12)9-13(15)7-10/h3,10-13,15-16,18H,1-2,4-9,17H2. The number of allylic oxidation sites excluding steroid dienone is 1. The molecule has 19 heavy (non-hydrogen) atoms. The average molecular weight is 262 g/mol. The maximum atomic E-state index is 5.91. The van der Waals surface area contributed by atoms with Crippen molar-refractivity contribution in [2.75, 3.05) is 6.61 Å². The Labute approximate surface area is 115 Å². The van der Waals surface area contributed by atoms with E-state index >= 15 is 0 Å². The van der Waals surface area contributed by atoms with Gasteiger partial charge in [-0.2, -0.15) is 0 Å². The highest BCUT2D eigenvalue weighted by molar-refractivity contribution is 5.12. The second-order valence-corrected chi connectivity index (χ2v) is 7.25. The molecule has 3 N–H and O–H groups in total. The normalized spacial score (nSPS) is 45.7. The summed E-state index contributed by atoms with van der Waals surface area (Å²) >= 11 is 0. The van der Waals surface area contributed by atoms with Crippen molar-refractivity contribution in [1.82, 2.24) is 5.43 Å². The predicted octanol–water partition coefficient (Wildman–Crippen LogP) is 2.58. The summed E-state index contributed by atoms with van der Waals surface area (Å²) < 4.78 is 5.91. The van der Waals surface area contributed by atoms with Crippen LogP contribution >= 0.6 is 0 Å². The van der Waals surface area contributed by atoms with Crippen molar-refractivity contribution in [3.05, 3.63) is 11.8 Å². The molecule has 1 unspecified atom stereocenters. The van der Waals surface area contributed by atoms with Crippen LogP contribution in [-0.2, 0) is 4.74 Å². The van der Waals surface area contributed by atoms with Gasteiger partial charge in [0.25, 0.3) is 0 Å². The quantitative estimate of drug-likeness (QED) is 0.607. The maximum Gasteiger partial charge on any atom is 0.111 e. The number of hydrazine groups is 1. The van der Waals surface area contributed by atoms with Crippen LogP contribution in [0.4, 0.5) is 0 Å². The van der Waals surface area contributed by atoms with Gasteiger partial charge in [0, 0.05) is 0 Å². The maximum absolute atomic E-state index is 5.91. The highest BCUT2D eigenvalue weighted by Crippen LogP contribution is 2.57. The minimum Gasteiger partial charge on any atom is -0.497 e. The van der Waals surface area contributed by atoms with Gasteiger partial charge in [0.1, 0.15) is 5.76 Å². The largest absolute Gasteiger partial charge is 0.497 e. The first-order valence-corrected chi connectivity index (χ1v) is 8.14. The van der Waals surface area contributed by atoms with Crippen molar-refractivity contribution in [2.24, 2.45) is 35.4 Å². The molecule has 4 bridgehead atoms. The second kappa shape index (κ2) is 4.78. The summed E-state index contributed by atoms with van der Waals surface area (Å²) in [5.74, 6) is 11.6. The van der Waals surface area contributed by atoms with E-state index in [1.165, 1.54) is 32.1 Å². The Balaban J connectivity index is 1.58. The molecule has 3 nitrogen and oxygen atoms in total. The van der Waals surface area contributed by atoms with Gasteiger partial charge in [-0.15, -0.1) is 0 Å². The van der Waals surface area contributed by atoms with Crippen LogP contribution in [0.1, 0.15) is 44.9 Å². The van der Waals surface area contributed by atoms with E-state index in [0.717, 1.165) is 54.8 Å². The van der Waals surface area contributed by atoms with E-state index in [9.17, 15) is 0 Å². The van der Waals surface area contributed by atoms with Gasteiger partial charge in [0.05, 0.1) is 12.6 Å². The minimum atomic E-state index is 0.273. The summed E-state index contributed by atoms with van der Waals surface area (Å²) in [5.41, 5.74) is 3.11. The van der Waals surface area contributed by atoms with Gasteiger partial charge in [-0.1, -0.05) is 0 Å². The number of hydrogen-bond acceptors (Lipinski definition) is 3. The van der Waals surface area contributed by atoms with Crippen LogP contribution in [0, 0.1) is 29.6 Å². The van der Waals surface area contributed by atoms with Gasteiger partial charge in [-0.25, -0.2) is 5.43 Å². The van der Waals surface area contributed by atoms with E-state index < -0.39 is 0 Å². The van der Waals surface area contributed by atoms with Gasteiger partial charge in [-0.05, 0) is 80.6 Å². The third kappa shape index (κ3) is 2.02. The minimum absolute atomic E-state index is 0.273. The molecule has 5 rings (SSSR count). The Bertz CT molecular complexity index is 351. The van der Waals surface area contributed by atoms with Crippen LogP contribution in [0.2, 0.25) is 0 Å². The molecule has 0 spiro atoms. The van der Waals surface area contributed by atoms with Crippen LogP contribution in [0.3, 0.4) is 0 Å². The predicted molar refractivity (Wildman–Crippen MR) is 74.9 cm³/mol. The van der Waals surface area contributed by atoms with E-state index in [1.54, 1.807) is 0 Å². The molecule has 4 saturated carbocycles. The fraction of sp³-hybridized carbons (Fsp3) is 0.875. The lowest BCUT2D eigenvalue weighted by atomic mass is 9.50. The third-order valence-corrected chi connectivity index (χ3v) is 6.13. The second-order valence-electron chi connectivity index (χ2n) is 7.25. The molecular weight excluding hydrogens is 236 g/mol. The number of rotatable bonds is 3. The van der Waals surface area contributed by atoms with Crippen LogP contribution in [0.25, 0.3) is 0 Å². The molecule has 0 aromatic carbocycles. The molecule has 0 aromatic heterocycles. The molecule has 1 atom stereocenters. The fourth-order valence-electron chi connectivity index (χ4n) is 5.69. The highest BCUT2D eigenvalue weighted by atomic mass is 16.5. The molecule has 4 aliphatic carbocycles. The van der Waals surface area contributed by atoms with Crippen molar-refractivity contribution in [1.29, 1.82) is 0 Å². The first kappa shape index (κ1) is 12.2. The monoisotopic (exact) mass is 262 g/mol. The van der Waals surface area contributed by atoms with Crippen molar-refractivity contribution in [3.63, 3.8) is 0 Å². The number of hydrogen-bond donors (Lipinski definition) is 2. The summed E-state index contributed by atoms with van der Waals surface area (Å²) in [6, 6.07) is 0.273. The SMILES string of the molecule is NNC(C1=CCCCO1)C1C2CC3CC(C2)CC1C3. The van der Waals surface area contributed by atoms with Gasteiger partial charge in [0.2, 0.25) is 0 Å². The summed E-state index contributed by atoms with van der Waals surface area (Å²) in [6.45, 7) is 0.872. The van der Waals surface area contributed by atoms with E-state index in [0.29, 0.717) is 0 Å². The van der Waals surface area contributed by atoms with Crippen molar-refractivity contribution in [2.45, 2.75) is 51.0 Å². The first-order chi connectivity index (χ1) is 9.35. The average Bonchev–Trinajstić information content (AvgIpc) is 2.43. The molecule has 1 heterocycles. The molecule has 0 aromatic rings. The van der Waals surface area contributed by atoms with Crippen molar-refractivity contribution < 1.29 is 4.74 Å². The lowest BCUT2D eigenvalue weighted by Crippen LogP contribution is -2.55. The fourth-order valence-corrected chi connectivity index (χ4v) is 5.69. The summed E-state index contributed by atoms with van der Waals surface area (Å²) in [5, 5.41) is 0. The Morgan fingerprint density at radius 3 is 2.32 bits per heavy atom. The molecule has 0 saturated heterocycles. The molecule has 5 aliphatic rings. The zero-order chi connectivity index (χ0) is 12.8. The van der Waals surface area contributed by atoms with Crippen molar-refractivity contribution in [3.8, 4) is 0 Å². The number of nitrogens with two attached hydrogens (primary N) is 1. The van der Waals surface area contributed by atoms with E-state index in [4.69, 9.17) is 10.6 Å². The molecule has 106 valence electrons. The molecule has 0 amide bonds. The summed E-state index contributed by atoms with van der Waals surface area (Å²) in [6.07, 6.45) is 11.9. The van der Waals surface area contributed by atoms with Crippen LogP contribution < -0.4 is 11.3 Å². The zero-order valence-corrected chi connectivity index (χ0v) is 11.7. The molecule has 4 fully saturated rings. The van der Waals surface area contributed by atoms with Crippen LogP contribution in [0.5, 0.6) is 0 Å². The Hall–Kier alpha value is -0.540. The first-order valence-electron chi connectivity index (χ1n) is 8.14. The molecule has 3 heteroatoms. The molecule has 0 radical (unpaired) electrons. The van der Waals surface area contributed by atoms with Gasteiger partial charge < -0.3 is 4.74 Å². The Morgan fingerprint density at radius 2 is 1.79 bits per heavy atom. The summed E-state index contributed by atoms with van der Waals surface area (Å²) in [7, 11) is 0. The third-order valence-electron chi connectivity index (χ3n) is 6.13. The van der Waals surface area contributed by atoms with Gasteiger partial charge in [-0.3, -0.25) is 5.84 Å². The van der Waals surface area contributed by atoms with Crippen LogP contribution in [0.15, 0.2) is 11.8 Å². The van der Waals surface area contributed by atoms with E-state index in [1.807, 2.05) is 0 Å². The van der Waals surface area contributed by atoms with E-state index in [-0.39, 0.29) is 6.04 Å². The highest BCUT2D eigenvalue weighted by Gasteiger charge is 2.51. The zero-order valence-electron chi connectivity index (χ0n) is 11.7. The van der Waals surface area contributed by atoms with E-state index in [2.05, 4.69) is 11.5 Å². The smallest absolute Gasteiger partial charge is 0.111 e. The number of nitrogens with one attached hydrogen (secondary N) is 1. The lowest BCUT2D eigenvalue weighted by Gasteiger charge is -2.56. The van der Waals surface area contributed by atoms with Crippen LogP contribution in [-0.4, -0.2) is 12.6 Å². The Kier molecular flexibility index (Phi) is 3.07. The van der Waals surface area contributed by atoms with Crippen molar-refractivity contribution >= 4 is 0 Å².